The van der Waals surface area contributed by atoms with Crippen LogP contribution in [0.3, 0.4) is 0 Å². The molecule has 1 aliphatic heterocycles. The van der Waals surface area contributed by atoms with E-state index in [0.29, 0.717) is 32.6 Å². The van der Waals surface area contributed by atoms with Crippen LogP contribution in [0.25, 0.3) is 0 Å². The van der Waals surface area contributed by atoms with E-state index >= 15 is 0 Å². The maximum Gasteiger partial charge on any atom is 0.337 e. The van der Waals surface area contributed by atoms with Crippen molar-refractivity contribution in [3.8, 4) is 0 Å². The summed E-state index contributed by atoms with van der Waals surface area (Å²) < 4.78 is 5.19. The van der Waals surface area contributed by atoms with E-state index in [9.17, 15) is 9.59 Å². The SMILES string of the molecule is CCC(OC)C(=O)N1CCN(c2ccc(C(=O)O)cn2)CC1. The first-order valence-corrected chi connectivity index (χ1v) is 7.32. The monoisotopic (exact) mass is 307 g/mol. The van der Waals surface area contributed by atoms with E-state index in [1.54, 1.807) is 24.1 Å². The Hall–Kier alpha value is -2.15. The molecule has 7 heteroatoms. The molecule has 0 aromatic carbocycles. The number of methoxy groups -OCH3 is 1. The van der Waals surface area contributed by atoms with E-state index in [2.05, 4.69) is 4.98 Å². The zero-order chi connectivity index (χ0) is 16.1. The maximum absolute atomic E-state index is 12.2. The van der Waals surface area contributed by atoms with Crippen LogP contribution >= 0.6 is 0 Å². The number of nitrogens with zero attached hydrogens (tertiary/aromatic N) is 3. The molecule has 1 aromatic rings. The van der Waals surface area contributed by atoms with Gasteiger partial charge in [-0.05, 0) is 18.6 Å². The number of pyridine rings is 1. The number of rotatable bonds is 5. The molecule has 0 saturated carbocycles. The topological polar surface area (TPSA) is 83.0 Å². The molecule has 1 amide bonds. The summed E-state index contributed by atoms with van der Waals surface area (Å²) in [6, 6.07) is 3.24. The summed E-state index contributed by atoms with van der Waals surface area (Å²) in [5, 5.41) is 8.87. The number of carbonyl (C=O) groups excluding carboxylic acids is 1. The third kappa shape index (κ3) is 3.54. The summed E-state index contributed by atoms with van der Waals surface area (Å²) in [7, 11) is 1.55. The first kappa shape index (κ1) is 16.2. The molecule has 120 valence electrons. The molecule has 0 aliphatic carbocycles. The summed E-state index contributed by atoms with van der Waals surface area (Å²) in [4.78, 5) is 31.1. The lowest BCUT2D eigenvalue weighted by molar-refractivity contribution is -0.142. The number of hydrogen-bond donors (Lipinski definition) is 1. The molecular weight excluding hydrogens is 286 g/mol. The second-order valence-electron chi connectivity index (χ2n) is 5.16. The van der Waals surface area contributed by atoms with Crippen LogP contribution in [0.5, 0.6) is 0 Å². The quantitative estimate of drug-likeness (QED) is 0.868. The van der Waals surface area contributed by atoms with Gasteiger partial charge in [-0.2, -0.15) is 0 Å². The van der Waals surface area contributed by atoms with Gasteiger partial charge in [0.05, 0.1) is 5.56 Å². The van der Waals surface area contributed by atoms with E-state index in [1.165, 1.54) is 6.20 Å². The highest BCUT2D eigenvalue weighted by Crippen LogP contribution is 2.15. The summed E-state index contributed by atoms with van der Waals surface area (Å²) in [5.74, 6) is -0.227. The van der Waals surface area contributed by atoms with Gasteiger partial charge >= 0.3 is 5.97 Å². The van der Waals surface area contributed by atoms with Crippen LogP contribution in [0.2, 0.25) is 0 Å². The Morgan fingerprint density at radius 2 is 2.00 bits per heavy atom. The summed E-state index contributed by atoms with van der Waals surface area (Å²) in [6.07, 6.45) is 1.64. The number of hydrogen-bond acceptors (Lipinski definition) is 5. The number of aromatic carboxylic acids is 1. The molecule has 1 atom stereocenters. The Morgan fingerprint density at radius 1 is 1.32 bits per heavy atom. The summed E-state index contributed by atoms with van der Waals surface area (Å²) >= 11 is 0. The lowest BCUT2D eigenvalue weighted by atomic mass is 10.2. The van der Waals surface area contributed by atoms with Gasteiger partial charge in [0.25, 0.3) is 5.91 Å². The minimum absolute atomic E-state index is 0.0267. The van der Waals surface area contributed by atoms with E-state index < -0.39 is 5.97 Å². The number of carboxylic acid groups (broad SMARTS) is 1. The normalized spacial score (nSPS) is 16.5. The minimum atomic E-state index is -0.986. The number of aromatic nitrogens is 1. The second-order valence-corrected chi connectivity index (χ2v) is 5.16. The molecule has 1 unspecified atom stereocenters. The molecule has 0 radical (unpaired) electrons. The van der Waals surface area contributed by atoms with Crippen LogP contribution in [-0.2, 0) is 9.53 Å². The van der Waals surface area contributed by atoms with Gasteiger partial charge in [-0.25, -0.2) is 9.78 Å². The van der Waals surface area contributed by atoms with Gasteiger partial charge in [0.2, 0.25) is 0 Å². The predicted molar refractivity (Wildman–Crippen MR) is 81.1 cm³/mol. The summed E-state index contributed by atoms with van der Waals surface area (Å²) in [5.41, 5.74) is 0.170. The molecule has 2 heterocycles. The maximum atomic E-state index is 12.2. The van der Waals surface area contributed by atoms with Crippen LogP contribution in [0.4, 0.5) is 5.82 Å². The predicted octanol–water partition coefficient (Wildman–Crippen LogP) is 0.853. The fourth-order valence-corrected chi connectivity index (χ4v) is 2.50. The van der Waals surface area contributed by atoms with Crippen molar-refractivity contribution in [3.05, 3.63) is 23.9 Å². The molecule has 0 spiro atoms. The zero-order valence-corrected chi connectivity index (χ0v) is 12.9. The van der Waals surface area contributed by atoms with Crippen LogP contribution in [0, 0.1) is 0 Å². The van der Waals surface area contributed by atoms with E-state index in [0.717, 1.165) is 5.82 Å². The fraction of sp³-hybridized carbons (Fsp3) is 0.533. The molecule has 22 heavy (non-hydrogen) atoms. The van der Waals surface area contributed by atoms with Crippen molar-refractivity contribution >= 4 is 17.7 Å². The highest BCUT2D eigenvalue weighted by molar-refractivity contribution is 5.87. The molecular formula is C15H21N3O4. The van der Waals surface area contributed by atoms with Crippen molar-refractivity contribution in [2.75, 3.05) is 38.2 Å². The Morgan fingerprint density at radius 3 is 2.45 bits per heavy atom. The van der Waals surface area contributed by atoms with Gasteiger partial charge in [0, 0.05) is 39.5 Å². The average Bonchev–Trinajstić information content (AvgIpc) is 2.56. The third-order valence-corrected chi connectivity index (χ3v) is 3.84. The standard InChI is InChI=1S/C15H21N3O4/c1-3-12(22-2)14(19)18-8-6-17(7-9-18)13-5-4-11(10-16-13)15(20)21/h4-5,10,12H,3,6-9H2,1-2H3,(H,20,21). The molecule has 7 nitrogen and oxygen atoms in total. The molecule has 0 bridgehead atoms. The molecule has 1 aliphatic rings. The summed E-state index contributed by atoms with van der Waals surface area (Å²) in [6.45, 7) is 4.50. The van der Waals surface area contributed by atoms with Gasteiger partial charge in [-0.15, -0.1) is 0 Å². The van der Waals surface area contributed by atoms with Gasteiger partial charge in [0.1, 0.15) is 11.9 Å². The number of anilines is 1. The van der Waals surface area contributed by atoms with Crippen LogP contribution < -0.4 is 4.90 Å². The Kier molecular flexibility index (Phi) is 5.32. The third-order valence-electron chi connectivity index (χ3n) is 3.84. The number of carboxylic acids is 1. The lowest BCUT2D eigenvalue weighted by Gasteiger charge is -2.36. The van der Waals surface area contributed by atoms with Crippen molar-refractivity contribution in [2.24, 2.45) is 0 Å². The first-order chi connectivity index (χ1) is 10.6. The average molecular weight is 307 g/mol. The fourth-order valence-electron chi connectivity index (χ4n) is 2.50. The number of carbonyl (C=O) groups is 2. The van der Waals surface area contributed by atoms with Crippen LogP contribution in [-0.4, -0.2) is 66.3 Å². The molecule has 1 fully saturated rings. The molecule has 1 N–H and O–H groups in total. The van der Waals surface area contributed by atoms with Gasteiger partial charge in [-0.1, -0.05) is 6.92 Å². The highest BCUT2D eigenvalue weighted by atomic mass is 16.5. The molecule has 2 rings (SSSR count). The number of piperazine rings is 1. The van der Waals surface area contributed by atoms with E-state index in [-0.39, 0.29) is 17.6 Å². The minimum Gasteiger partial charge on any atom is -0.478 e. The highest BCUT2D eigenvalue weighted by Gasteiger charge is 2.26. The number of amides is 1. The van der Waals surface area contributed by atoms with E-state index in [1.807, 2.05) is 11.8 Å². The lowest BCUT2D eigenvalue weighted by Crippen LogP contribution is -2.52. The van der Waals surface area contributed by atoms with Crippen molar-refractivity contribution < 1.29 is 19.4 Å². The zero-order valence-electron chi connectivity index (χ0n) is 12.9. The van der Waals surface area contributed by atoms with Crippen molar-refractivity contribution in [1.29, 1.82) is 0 Å². The van der Waals surface area contributed by atoms with Crippen LogP contribution in [0.15, 0.2) is 18.3 Å². The van der Waals surface area contributed by atoms with Gasteiger partial charge in [0.15, 0.2) is 0 Å². The largest absolute Gasteiger partial charge is 0.478 e. The van der Waals surface area contributed by atoms with E-state index in [4.69, 9.17) is 9.84 Å². The Bertz CT molecular complexity index is 520. The molecule has 1 aromatic heterocycles. The Balaban J connectivity index is 1.94. The van der Waals surface area contributed by atoms with Crippen molar-refractivity contribution in [3.63, 3.8) is 0 Å². The van der Waals surface area contributed by atoms with Crippen molar-refractivity contribution in [1.82, 2.24) is 9.88 Å². The van der Waals surface area contributed by atoms with Crippen LogP contribution in [0.1, 0.15) is 23.7 Å². The van der Waals surface area contributed by atoms with Gasteiger partial charge in [-0.3, -0.25) is 4.79 Å². The smallest absolute Gasteiger partial charge is 0.337 e. The second kappa shape index (κ2) is 7.22. The number of ether oxygens (including phenoxy) is 1. The van der Waals surface area contributed by atoms with Crippen molar-refractivity contribution in [2.45, 2.75) is 19.4 Å². The van der Waals surface area contributed by atoms with Gasteiger partial charge < -0.3 is 19.6 Å². The molecule has 1 saturated heterocycles. The first-order valence-electron chi connectivity index (χ1n) is 7.32. The Labute approximate surface area is 129 Å².